The van der Waals surface area contributed by atoms with E-state index in [1.807, 2.05) is 31.2 Å². The number of hydrogen-bond acceptors (Lipinski definition) is 4. The summed E-state index contributed by atoms with van der Waals surface area (Å²) in [7, 11) is 1.63. The zero-order valence-electron chi connectivity index (χ0n) is 16.3. The van der Waals surface area contributed by atoms with Crippen molar-refractivity contribution in [3.8, 4) is 5.75 Å². The molecule has 1 aliphatic rings. The maximum atomic E-state index is 13.0. The predicted molar refractivity (Wildman–Crippen MR) is 107 cm³/mol. The molecule has 1 aliphatic heterocycles. The molecule has 6 nitrogen and oxygen atoms in total. The van der Waals surface area contributed by atoms with Crippen molar-refractivity contribution in [3.63, 3.8) is 0 Å². The Bertz CT molecular complexity index is 814. The van der Waals surface area contributed by atoms with Crippen LogP contribution in [0.4, 0.5) is 5.69 Å². The summed E-state index contributed by atoms with van der Waals surface area (Å²) in [6.07, 6.45) is 1.23. The SMILES string of the molecule is CCN(Cc1ccc(OC)cc1)C(=O)c1cccc(NC(=O)C2CCCO2)c1. The minimum absolute atomic E-state index is 0.0773. The first kappa shape index (κ1) is 19.9. The Hall–Kier alpha value is -2.86. The van der Waals surface area contributed by atoms with Crippen molar-refractivity contribution in [3.05, 3.63) is 59.7 Å². The van der Waals surface area contributed by atoms with Gasteiger partial charge in [0.1, 0.15) is 11.9 Å². The fraction of sp³-hybridized carbons (Fsp3) is 0.364. The van der Waals surface area contributed by atoms with Gasteiger partial charge in [-0.05, 0) is 55.7 Å². The Morgan fingerprint density at radius 2 is 2.00 bits per heavy atom. The second-order valence-electron chi connectivity index (χ2n) is 6.74. The van der Waals surface area contributed by atoms with Gasteiger partial charge >= 0.3 is 0 Å². The van der Waals surface area contributed by atoms with Gasteiger partial charge in [0.05, 0.1) is 7.11 Å². The number of nitrogens with one attached hydrogen (secondary N) is 1. The molecular weight excluding hydrogens is 356 g/mol. The van der Waals surface area contributed by atoms with Crippen LogP contribution in [-0.2, 0) is 16.1 Å². The first-order chi connectivity index (χ1) is 13.6. The standard InChI is InChI=1S/C22H26N2O4/c1-3-24(15-16-9-11-19(27-2)12-10-16)22(26)17-6-4-7-18(14-17)23-21(25)20-8-5-13-28-20/h4,6-7,9-12,14,20H,3,5,8,13,15H2,1-2H3,(H,23,25). The lowest BCUT2D eigenvalue weighted by molar-refractivity contribution is -0.124. The second kappa shape index (κ2) is 9.37. The predicted octanol–water partition coefficient (Wildman–Crippen LogP) is 3.48. The molecule has 0 bridgehead atoms. The van der Waals surface area contributed by atoms with Gasteiger partial charge in [-0.25, -0.2) is 0 Å². The van der Waals surface area contributed by atoms with Crippen LogP contribution in [0.3, 0.4) is 0 Å². The van der Waals surface area contributed by atoms with Crippen molar-refractivity contribution in [2.75, 3.05) is 25.6 Å². The van der Waals surface area contributed by atoms with E-state index in [1.54, 1.807) is 36.3 Å². The number of anilines is 1. The van der Waals surface area contributed by atoms with Crippen LogP contribution in [0.25, 0.3) is 0 Å². The summed E-state index contributed by atoms with van der Waals surface area (Å²) in [5, 5.41) is 2.85. The van der Waals surface area contributed by atoms with Crippen LogP contribution < -0.4 is 10.1 Å². The molecule has 2 aromatic carbocycles. The van der Waals surface area contributed by atoms with Crippen LogP contribution >= 0.6 is 0 Å². The highest BCUT2D eigenvalue weighted by atomic mass is 16.5. The molecule has 28 heavy (non-hydrogen) atoms. The lowest BCUT2D eigenvalue weighted by Gasteiger charge is -2.21. The number of carbonyl (C=O) groups is 2. The maximum absolute atomic E-state index is 13.0. The quantitative estimate of drug-likeness (QED) is 0.796. The van der Waals surface area contributed by atoms with E-state index in [-0.39, 0.29) is 11.8 Å². The van der Waals surface area contributed by atoms with Crippen LogP contribution in [-0.4, -0.2) is 43.1 Å². The van der Waals surface area contributed by atoms with Gasteiger partial charge in [0.15, 0.2) is 0 Å². The van der Waals surface area contributed by atoms with Crippen LogP contribution in [0.15, 0.2) is 48.5 Å². The summed E-state index contributed by atoms with van der Waals surface area (Å²) < 4.78 is 10.6. The number of rotatable bonds is 7. The highest BCUT2D eigenvalue weighted by Gasteiger charge is 2.24. The summed E-state index contributed by atoms with van der Waals surface area (Å²) in [6.45, 7) is 3.65. The van der Waals surface area contributed by atoms with Gasteiger partial charge in [0, 0.05) is 30.9 Å². The van der Waals surface area contributed by atoms with Crippen LogP contribution in [0.5, 0.6) is 5.75 Å². The summed E-state index contributed by atoms with van der Waals surface area (Å²) in [5.74, 6) is 0.548. The molecular formula is C22H26N2O4. The lowest BCUT2D eigenvalue weighted by atomic mass is 10.1. The van der Waals surface area contributed by atoms with Crippen molar-refractivity contribution in [1.82, 2.24) is 4.90 Å². The molecule has 3 rings (SSSR count). The van der Waals surface area contributed by atoms with Gasteiger partial charge in [-0.3, -0.25) is 9.59 Å². The van der Waals surface area contributed by atoms with Gasteiger partial charge in [0.25, 0.3) is 11.8 Å². The maximum Gasteiger partial charge on any atom is 0.254 e. The summed E-state index contributed by atoms with van der Waals surface area (Å²) in [4.78, 5) is 27.0. The van der Waals surface area contributed by atoms with E-state index in [0.29, 0.717) is 30.9 Å². The molecule has 1 atom stereocenters. The highest BCUT2D eigenvalue weighted by Crippen LogP contribution is 2.18. The van der Waals surface area contributed by atoms with E-state index in [4.69, 9.17) is 9.47 Å². The third-order valence-electron chi connectivity index (χ3n) is 4.80. The number of amides is 2. The molecule has 1 N–H and O–H groups in total. The van der Waals surface area contributed by atoms with E-state index in [1.165, 1.54) is 0 Å². The van der Waals surface area contributed by atoms with E-state index >= 15 is 0 Å². The third-order valence-corrected chi connectivity index (χ3v) is 4.80. The largest absolute Gasteiger partial charge is 0.497 e. The van der Waals surface area contributed by atoms with Crippen molar-refractivity contribution in [2.24, 2.45) is 0 Å². The molecule has 0 aliphatic carbocycles. The normalized spacial score (nSPS) is 15.9. The molecule has 1 unspecified atom stereocenters. The van der Waals surface area contributed by atoms with Crippen LogP contribution in [0.2, 0.25) is 0 Å². The topological polar surface area (TPSA) is 67.9 Å². The monoisotopic (exact) mass is 382 g/mol. The van der Waals surface area contributed by atoms with Gasteiger partial charge in [-0.1, -0.05) is 18.2 Å². The number of benzene rings is 2. The van der Waals surface area contributed by atoms with Crippen molar-refractivity contribution >= 4 is 17.5 Å². The average molecular weight is 382 g/mol. The molecule has 2 aromatic rings. The molecule has 2 amide bonds. The highest BCUT2D eigenvalue weighted by molar-refractivity contribution is 5.98. The smallest absolute Gasteiger partial charge is 0.254 e. The van der Waals surface area contributed by atoms with E-state index < -0.39 is 6.10 Å². The third kappa shape index (κ3) is 4.89. The van der Waals surface area contributed by atoms with Gasteiger partial charge in [0.2, 0.25) is 0 Å². The zero-order valence-corrected chi connectivity index (χ0v) is 16.3. The number of hydrogen-bond donors (Lipinski definition) is 1. The molecule has 0 spiro atoms. The Morgan fingerprint density at radius 1 is 1.21 bits per heavy atom. The Balaban J connectivity index is 1.68. The Kier molecular flexibility index (Phi) is 6.66. The first-order valence-electron chi connectivity index (χ1n) is 9.55. The molecule has 1 heterocycles. The second-order valence-corrected chi connectivity index (χ2v) is 6.74. The molecule has 1 fully saturated rings. The van der Waals surface area contributed by atoms with E-state index in [2.05, 4.69) is 5.32 Å². The summed E-state index contributed by atoms with van der Waals surface area (Å²) >= 11 is 0. The lowest BCUT2D eigenvalue weighted by Crippen LogP contribution is -2.30. The van der Waals surface area contributed by atoms with Crippen molar-refractivity contribution in [1.29, 1.82) is 0 Å². The average Bonchev–Trinajstić information content (AvgIpc) is 3.27. The number of nitrogens with zero attached hydrogens (tertiary/aromatic N) is 1. The number of methoxy groups -OCH3 is 1. The first-order valence-corrected chi connectivity index (χ1v) is 9.55. The van der Waals surface area contributed by atoms with Gasteiger partial charge in [-0.2, -0.15) is 0 Å². The molecule has 6 heteroatoms. The number of carbonyl (C=O) groups excluding carboxylic acids is 2. The summed E-state index contributed by atoms with van der Waals surface area (Å²) in [6, 6.07) is 14.7. The fourth-order valence-corrected chi connectivity index (χ4v) is 3.20. The summed E-state index contributed by atoms with van der Waals surface area (Å²) in [5.41, 5.74) is 2.17. The minimum Gasteiger partial charge on any atom is -0.497 e. The van der Waals surface area contributed by atoms with Crippen molar-refractivity contribution in [2.45, 2.75) is 32.4 Å². The Labute approximate surface area is 165 Å². The minimum atomic E-state index is -0.401. The van der Waals surface area contributed by atoms with Crippen LogP contribution in [0.1, 0.15) is 35.7 Å². The van der Waals surface area contributed by atoms with Crippen molar-refractivity contribution < 1.29 is 19.1 Å². The fourth-order valence-electron chi connectivity index (χ4n) is 3.20. The zero-order chi connectivity index (χ0) is 19.9. The van der Waals surface area contributed by atoms with Crippen LogP contribution in [0, 0.1) is 0 Å². The van der Waals surface area contributed by atoms with E-state index in [9.17, 15) is 9.59 Å². The molecule has 148 valence electrons. The molecule has 0 aromatic heterocycles. The number of ether oxygens (including phenoxy) is 2. The van der Waals surface area contributed by atoms with Gasteiger partial charge < -0.3 is 19.7 Å². The Morgan fingerprint density at radius 3 is 2.64 bits per heavy atom. The molecule has 0 saturated carbocycles. The molecule has 0 radical (unpaired) electrons. The molecule has 1 saturated heterocycles. The van der Waals surface area contributed by atoms with E-state index in [0.717, 1.165) is 24.2 Å². The van der Waals surface area contributed by atoms with Gasteiger partial charge in [-0.15, -0.1) is 0 Å².